The first-order valence-corrected chi connectivity index (χ1v) is 12.0. The van der Waals surface area contributed by atoms with Gasteiger partial charge in [0.2, 0.25) is 0 Å². The molecule has 168 valence electrons. The van der Waals surface area contributed by atoms with Crippen molar-refractivity contribution >= 4 is 44.0 Å². The maximum absolute atomic E-state index is 12.4. The number of nitrogens with one attached hydrogen (secondary N) is 1. The molecule has 0 aliphatic carbocycles. The van der Waals surface area contributed by atoms with E-state index < -0.39 is 28.0 Å². The molecule has 9 heteroatoms. The van der Waals surface area contributed by atoms with E-state index in [-0.39, 0.29) is 26.9 Å². The van der Waals surface area contributed by atoms with Gasteiger partial charge in [-0.15, -0.1) is 0 Å². The number of anilines is 1. The van der Waals surface area contributed by atoms with Gasteiger partial charge in [-0.1, -0.05) is 54.1 Å². The standard InChI is InChI=1S/C24H18ClNO6S/c1-33(29,30)22-10-6-5-9-19(22)26-23(27)14-31-21-13-20-17(11-18(21)25)16(12-24(28)32-20)15-7-3-2-4-8-15/h2-13H,14H2,1H3,(H,26,27). The second-order valence-electron chi connectivity index (χ2n) is 7.23. The lowest BCUT2D eigenvalue weighted by atomic mass is 10.0. The van der Waals surface area contributed by atoms with Gasteiger partial charge in [-0.2, -0.15) is 0 Å². The van der Waals surface area contributed by atoms with Crippen molar-refractivity contribution in [2.75, 3.05) is 18.2 Å². The van der Waals surface area contributed by atoms with E-state index >= 15 is 0 Å². The first kappa shape index (κ1) is 22.6. The van der Waals surface area contributed by atoms with Crippen LogP contribution in [-0.4, -0.2) is 27.2 Å². The Morgan fingerprint density at radius 2 is 1.73 bits per heavy atom. The summed E-state index contributed by atoms with van der Waals surface area (Å²) in [5.74, 6) is -0.439. The van der Waals surface area contributed by atoms with E-state index in [4.69, 9.17) is 20.8 Å². The number of rotatable bonds is 6. The lowest BCUT2D eigenvalue weighted by Gasteiger charge is -2.12. The zero-order valence-corrected chi connectivity index (χ0v) is 18.9. The van der Waals surface area contributed by atoms with Crippen LogP contribution >= 0.6 is 11.6 Å². The first-order valence-electron chi connectivity index (χ1n) is 9.77. The molecule has 0 radical (unpaired) electrons. The van der Waals surface area contributed by atoms with Gasteiger partial charge >= 0.3 is 5.63 Å². The Morgan fingerprint density at radius 3 is 2.45 bits per heavy atom. The van der Waals surface area contributed by atoms with E-state index in [1.165, 1.54) is 24.3 Å². The molecule has 0 atom stereocenters. The van der Waals surface area contributed by atoms with Gasteiger partial charge < -0.3 is 14.5 Å². The Morgan fingerprint density at radius 1 is 1.03 bits per heavy atom. The lowest BCUT2D eigenvalue weighted by molar-refractivity contribution is -0.118. The van der Waals surface area contributed by atoms with Crippen molar-refractivity contribution in [3.63, 3.8) is 0 Å². The number of benzene rings is 3. The van der Waals surface area contributed by atoms with Crippen LogP contribution in [0.25, 0.3) is 22.1 Å². The van der Waals surface area contributed by atoms with Crippen LogP contribution in [0.2, 0.25) is 5.02 Å². The van der Waals surface area contributed by atoms with Gasteiger partial charge in [-0.05, 0) is 29.3 Å². The van der Waals surface area contributed by atoms with E-state index in [1.807, 2.05) is 30.3 Å². The van der Waals surface area contributed by atoms with Crippen LogP contribution in [0.3, 0.4) is 0 Å². The molecule has 1 aromatic heterocycles. The Bertz CT molecular complexity index is 1510. The number of sulfone groups is 1. The smallest absolute Gasteiger partial charge is 0.336 e. The van der Waals surface area contributed by atoms with Gasteiger partial charge in [0.25, 0.3) is 5.91 Å². The molecule has 1 N–H and O–H groups in total. The molecule has 0 spiro atoms. The number of fused-ring (bicyclic) bond motifs is 1. The molecule has 4 aromatic rings. The second kappa shape index (κ2) is 9.09. The predicted octanol–water partition coefficient (Wildman–Crippen LogP) is 4.53. The average Bonchev–Trinajstić information content (AvgIpc) is 2.78. The number of amides is 1. The highest BCUT2D eigenvalue weighted by Crippen LogP contribution is 2.34. The topological polar surface area (TPSA) is 103 Å². The zero-order chi connectivity index (χ0) is 23.6. The number of ether oxygens (including phenoxy) is 1. The minimum atomic E-state index is -3.53. The van der Waals surface area contributed by atoms with E-state index in [2.05, 4.69) is 5.32 Å². The van der Waals surface area contributed by atoms with E-state index in [0.717, 1.165) is 11.8 Å². The molecule has 4 rings (SSSR count). The van der Waals surface area contributed by atoms with Crippen molar-refractivity contribution < 1.29 is 22.4 Å². The number of hydrogen-bond acceptors (Lipinski definition) is 6. The molecule has 1 amide bonds. The average molecular weight is 484 g/mol. The van der Waals surface area contributed by atoms with Crippen LogP contribution < -0.4 is 15.7 Å². The highest BCUT2D eigenvalue weighted by molar-refractivity contribution is 7.90. The SMILES string of the molecule is CS(=O)(=O)c1ccccc1NC(=O)COc1cc2oc(=O)cc(-c3ccccc3)c2cc1Cl. The molecular formula is C24H18ClNO6S. The number of para-hydroxylation sites is 1. The fraction of sp³-hybridized carbons (Fsp3) is 0.0833. The summed E-state index contributed by atoms with van der Waals surface area (Å²) in [7, 11) is -3.53. The van der Waals surface area contributed by atoms with Gasteiger partial charge in [0.1, 0.15) is 11.3 Å². The predicted molar refractivity (Wildman–Crippen MR) is 127 cm³/mol. The molecule has 7 nitrogen and oxygen atoms in total. The Balaban J connectivity index is 1.59. The van der Waals surface area contributed by atoms with Crippen molar-refractivity contribution in [3.8, 4) is 16.9 Å². The Labute approximate surface area is 194 Å². The summed E-state index contributed by atoms with van der Waals surface area (Å²) in [6, 6.07) is 19.8. The van der Waals surface area contributed by atoms with Crippen LogP contribution in [0.5, 0.6) is 5.75 Å². The monoisotopic (exact) mass is 483 g/mol. The van der Waals surface area contributed by atoms with Gasteiger partial charge in [0.15, 0.2) is 16.4 Å². The summed E-state index contributed by atoms with van der Waals surface area (Å²) in [5, 5.41) is 3.36. The molecule has 0 unspecified atom stereocenters. The van der Waals surface area contributed by atoms with Crippen molar-refractivity contribution in [1.29, 1.82) is 0 Å². The molecular weight excluding hydrogens is 466 g/mol. The quantitative estimate of drug-likeness (QED) is 0.404. The van der Waals surface area contributed by atoms with Crippen LogP contribution in [0.15, 0.2) is 86.9 Å². The van der Waals surface area contributed by atoms with E-state index in [1.54, 1.807) is 18.2 Å². The minimum Gasteiger partial charge on any atom is -0.482 e. The molecule has 0 bridgehead atoms. The summed E-state index contributed by atoms with van der Waals surface area (Å²) in [4.78, 5) is 24.5. The van der Waals surface area contributed by atoms with E-state index in [9.17, 15) is 18.0 Å². The van der Waals surface area contributed by atoms with Gasteiger partial charge in [0, 0.05) is 23.8 Å². The highest BCUT2D eigenvalue weighted by Gasteiger charge is 2.16. The third kappa shape index (κ3) is 5.08. The Hall–Kier alpha value is -3.62. The molecule has 0 saturated carbocycles. The maximum atomic E-state index is 12.4. The number of hydrogen-bond donors (Lipinski definition) is 1. The molecule has 0 aliphatic heterocycles. The van der Waals surface area contributed by atoms with Crippen LogP contribution in [0, 0.1) is 0 Å². The number of halogens is 1. The normalized spacial score (nSPS) is 11.3. The largest absolute Gasteiger partial charge is 0.482 e. The fourth-order valence-corrected chi connectivity index (χ4v) is 4.42. The third-order valence-corrected chi connectivity index (χ3v) is 6.25. The highest BCUT2D eigenvalue weighted by atomic mass is 35.5. The maximum Gasteiger partial charge on any atom is 0.336 e. The van der Waals surface area contributed by atoms with Gasteiger partial charge in [0.05, 0.1) is 15.6 Å². The summed E-state index contributed by atoms with van der Waals surface area (Å²) >= 11 is 6.38. The van der Waals surface area contributed by atoms with Gasteiger partial charge in [-0.3, -0.25) is 4.79 Å². The zero-order valence-electron chi connectivity index (χ0n) is 17.4. The van der Waals surface area contributed by atoms with Crippen molar-refractivity contribution in [2.24, 2.45) is 0 Å². The van der Waals surface area contributed by atoms with Crippen molar-refractivity contribution in [2.45, 2.75) is 4.90 Å². The van der Waals surface area contributed by atoms with Crippen LogP contribution in [0.1, 0.15) is 0 Å². The lowest BCUT2D eigenvalue weighted by Crippen LogP contribution is -2.21. The summed E-state index contributed by atoms with van der Waals surface area (Å²) in [6.45, 7) is -0.439. The van der Waals surface area contributed by atoms with Crippen LogP contribution in [0.4, 0.5) is 5.69 Å². The number of carbonyl (C=O) groups is 1. The number of carbonyl (C=O) groups excluding carboxylic acids is 1. The minimum absolute atomic E-state index is 0.00250. The summed E-state index contributed by atoms with van der Waals surface area (Å²) in [6.07, 6.45) is 1.06. The molecule has 0 saturated heterocycles. The molecule has 3 aromatic carbocycles. The summed E-state index contributed by atoms with van der Waals surface area (Å²) < 4.78 is 34.7. The molecule has 1 heterocycles. The third-order valence-electron chi connectivity index (χ3n) is 4.80. The van der Waals surface area contributed by atoms with E-state index in [0.29, 0.717) is 10.9 Å². The Kier molecular flexibility index (Phi) is 6.22. The molecule has 33 heavy (non-hydrogen) atoms. The van der Waals surface area contributed by atoms with Crippen molar-refractivity contribution in [3.05, 3.63) is 88.2 Å². The molecule has 0 fully saturated rings. The van der Waals surface area contributed by atoms with Gasteiger partial charge in [-0.25, -0.2) is 13.2 Å². The van der Waals surface area contributed by atoms with Crippen LogP contribution in [-0.2, 0) is 14.6 Å². The van der Waals surface area contributed by atoms with Crippen molar-refractivity contribution in [1.82, 2.24) is 0 Å². The molecule has 0 aliphatic rings. The summed E-state index contributed by atoms with van der Waals surface area (Å²) in [5.41, 5.74) is 1.35. The first-order chi connectivity index (χ1) is 15.7. The second-order valence-corrected chi connectivity index (χ2v) is 9.62. The fourth-order valence-electron chi connectivity index (χ4n) is 3.35.